The molecule has 0 radical (unpaired) electrons. The normalized spacial score (nSPS) is 12.6. The largest absolute Gasteiger partial charge is 0.356 e. The Morgan fingerprint density at radius 3 is 2.58 bits per heavy atom. The van der Waals surface area contributed by atoms with E-state index in [9.17, 15) is 4.79 Å². The molecule has 0 aliphatic carbocycles. The predicted molar refractivity (Wildman–Crippen MR) is 52.0 cm³/mol. The minimum absolute atomic E-state index is 0.166. The van der Waals surface area contributed by atoms with Crippen LogP contribution in [0.15, 0.2) is 0 Å². The summed E-state index contributed by atoms with van der Waals surface area (Å²) in [5, 5.41) is 2.87. The molecule has 1 unspecified atom stereocenters. The minimum atomic E-state index is 0.166. The molecule has 0 fully saturated rings. The van der Waals surface area contributed by atoms with E-state index in [0.29, 0.717) is 6.42 Å². The number of carbonyl (C=O) groups excluding carboxylic acids is 1. The molecule has 0 saturated heterocycles. The molecule has 1 atom stereocenters. The molecule has 0 spiro atoms. The summed E-state index contributed by atoms with van der Waals surface area (Å²) >= 11 is 0. The van der Waals surface area contributed by atoms with E-state index in [1.807, 2.05) is 6.92 Å². The van der Waals surface area contributed by atoms with Gasteiger partial charge in [0.25, 0.3) is 0 Å². The van der Waals surface area contributed by atoms with Crippen LogP contribution in [0.1, 0.15) is 46.5 Å². The molecule has 0 aromatic heterocycles. The number of carbonyl (C=O) groups is 1. The lowest BCUT2D eigenvalue weighted by Crippen LogP contribution is -2.23. The second-order valence-electron chi connectivity index (χ2n) is 3.36. The Morgan fingerprint density at radius 1 is 1.42 bits per heavy atom. The quantitative estimate of drug-likeness (QED) is 0.611. The number of amides is 1. The van der Waals surface area contributed by atoms with E-state index >= 15 is 0 Å². The molecule has 12 heavy (non-hydrogen) atoms. The Morgan fingerprint density at radius 2 is 2.08 bits per heavy atom. The van der Waals surface area contributed by atoms with Crippen molar-refractivity contribution in [3.8, 4) is 0 Å². The standard InChI is InChI=1S/C10H21NO/c1-4-9(3)7-6-8-11-10(12)5-2/h9H,4-8H2,1-3H3,(H,11,12). The van der Waals surface area contributed by atoms with Crippen LogP contribution in [0.5, 0.6) is 0 Å². The summed E-state index contributed by atoms with van der Waals surface area (Å²) in [5.41, 5.74) is 0. The lowest BCUT2D eigenvalue weighted by molar-refractivity contribution is -0.120. The van der Waals surface area contributed by atoms with Gasteiger partial charge < -0.3 is 5.32 Å². The maximum atomic E-state index is 10.8. The third kappa shape index (κ3) is 6.20. The lowest BCUT2D eigenvalue weighted by Gasteiger charge is -2.07. The van der Waals surface area contributed by atoms with E-state index in [0.717, 1.165) is 18.9 Å². The van der Waals surface area contributed by atoms with Crippen LogP contribution in [0.4, 0.5) is 0 Å². The zero-order valence-corrected chi connectivity index (χ0v) is 8.52. The summed E-state index contributed by atoms with van der Waals surface area (Å²) in [5.74, 6) is 0.961. The highest BCUT2D eigenvalue weighted by molar-refractivity contribution is 5.75. The van der Waals surface area contributed by atoms with Crippen LogP contribution in [0, 0.1) is 5.92 Å². The average molecular weight is 171 g/mol. The number of hydrogen-bond acceptors (Lipinski definition) is 1. The van der Waals surface area contributed by atoms with Gasteiger partial charge in [0.1, 0.15) is 0 Å². The summed E-state index contributed by atoms with van der Waals surface area (Å²) in [6.45, 7) is 7.18. The molecular weight excluding hydrogens is 150 g/mol. The fourth-order valence-electron chi connectivity index (χ4n) is 1.01. The molecule has 2 heteroatoms. The monoisotopic (exact) mass is 171 g/mol. The first-order valence-electron chi connectivity index (χ1n) is 4.97. The molecule has 0 aliphatic heterocycles. The van der Waals surface area contributed by atoms with Gasteiger partial charge in [0, 0.05) is 13.0 Å². The first-order valence-corrected chi connectivity index (χ1v) is 4.97. The van der Waals surface area contributed by atoms with Gasteiger partial charge in [0.05, 0.1) is 0 Å². The van der Waals surface area contributed by atoms with E-state index in [4.69, 9.17) is 0 Å². The van der Waals surface area contributed by atoms with E-state index < -0.39 is 0 Å². The Labute approximate surface area is 75.7 Å². The van der Waals surface area contributed by atoms with Crippen LogP contribution in [0.3, 0.4) is 0 Å². The zero-order valence-electron chi connectivity index (χ0n) is 8.52. The maximum absolute atomic E-state index is 10.8. The predicted octanol–water partition coefficient (Wildman–Crippen LogP) is 2.34. The topological polar surface area (TPSA) is 29.1 Å². The molecule has 0 rings (SSSR count). The van der Waals surface area contributed by atoms with Crippen molar-refractivity contribution in [1.29, 1.82) is 0 Å². The van der Waals surface area contributed by atoms with Gasteiger partial charge in [-0.3, -0.25) is 4.79 Å². The van der Waals surface area contributed by atoms with Crippen molar-refractivity contribution in [1.82, 2.24) is 5.32 Å². The summed E-state index contributed by atoms with van der Waals surface area (Å²) < 4.78 is 0. The highest BCUT2D eigenvalue weighted by Gasteiger charge is 1.99. The Bertz CT molecular complexity index is 123. The molecule has 0 saturated carbocycles. The Kier molecular flexibility index (Phi) is 6.82. The molecule has 0 aromatic rings. The van der Waals surface area contributed by atoms with Crippen LogP contribution < -0.4 is 5.32 Å². The smallest absolute Gasteiger partial charge is 0.219 e. The van der Waals surface area contributed by atoms with E-state index in [1.54, 1.807) is 0 Å². The van der Waals surface area contributed by atoms with Crippen LogP contribution in [0.2, 0.25) is 0 Å². The van der Waals surface area contributed by atoms with Gasteiger partial charge >= 0.3 is 0 Å². The molecule has 0 aliphatic rings. The van der Waals surface area contributed by atoms with Crippen LogP contribution in [0.25, 0.3) is 0 Å². The molecule has 2 nitrogen and oxygen atoms in total. The highest BCUT2D eigenvalue weighted by atomic mass is 16.1. The molecule has 0 bridgehead atoms. The SMILES string of the molecule is CCC(=O)NCCCC(C)CC. The number of rotatable bonds is 6. The van der Waals surface area contributed by atoms with Crippen LogP contribution in [-0.4, -0.2) is 12.5 Å². The first-order chi connectivity index (χ1) is 5.70. The van der Waals surface area contributed by atoms with Gasteiger partial charge in [-0.25, -0.2) is 0 Å². The summed E-state index contributed by atoms with van der Waals surface area (Å²) in [6.07, 6.45) is 4.17. The highest BCUT2D eigenvalue weighted by Crippen LogP contribution is 2.07. The second-order valence-corrected chi connectivity index (χ2v) is 3.36. The molecule has 0 aromatic carbocycles. The van der Waals surface area contributed by atoms with Gasteiger partial charge in [0.15, 0.2) is 0 Å². The molecule has 1 amide bonds. The summed E-state index contributed by atoms with van der Waals surface area (Å²) in [6, 6.07) is 0. The van der Waals surface area contributed by atoms with Crippen molar-refractivity contribution in [2.24, 2.45) is 5.92 Å². The van der Waals surface area contributed by atoms with E-state index in [-0.39, 0.29) is 5.91 Å². The fourth-order valence-corrected chi connectivity index (χ4v) is 1.01. The summed E-state index contributed by atoms with van der Waals surface area (Å²) in [4.78, 5) is 10.8. The first kappa shape index (κ1) is 11.5. The molecule has 72 valence electrons. The van der Waals surface area contributed by atoms with Crippen LogP contribution >= 0.6 is 0 Å². The Hall–Kier alpha value is -0.530. The third-order valence-electron chi connectivity index (χ3n) is 2.21. The van der Waals surface area contributed by atoms with Crippen molar-refractivity contribution >= 4 is 5.91 Å². The van der Waals surface area contributed by atoms with Crippen LogP contribution in [-0.2, 0) is 4.79 Å². The molecular formula is C10H21NO. The van der Waals surface area contributed by atoms with Crippen molar-refractivity contribution < 1.29 is 4.79 Å². The molecule has 1 N–H and O–H groups in total. The third-order valence-corrected chi connectivity index (χ3v) is 2.21. The van der Waals surface area contributed by atoms with E-state index in [1.165, 1.54) is 12.8 Å². The minimum Gasteiger partial charge on any atom is -0.356 e. The second kappa shape index (κ2) is 7.14. The van der Waals surface area contributed by atoms with Gasteiger partial charge in [0.2, 0.25) is 5.91 Å². The fraction of sp³-hybridized carbons (Fsp3) is 0.900. The summed E-state index contributed by atoms with van der Waals surface area (Å²) in [7, 11) is 0. The number of hydrogen-bond donors (Lipinski definition) is 1. The van der Waals surface area contributed by atoms with Gasteiger partial charge in [-0.2, -0.15) is 0 Å². The van der Waals surface area contributed by atoms with Gasteiger partial charge in [-0.1, -0.05) is 27.2 Å². The van der Waals surface area contributed by atoms with Crippen molar-refractivity contribution in [3.05, 3.63) is 0 Å². The van der Waals surface area contributed by atoms with E-state index in [2.05, 4.69) is 19.2 Å². The average Bonchev–Trinajstić information content (AvgIpc) is 2.11. The Balaban J connectivity index is 3.15. The van der Waals surface area contributed by atoms with Crippen molar-refractivity contribution in [2.45, 2.75) is 46.5 Å². The van der Waals surface area contributed by atoms with Crippen molar-refractivity contribution in [2.75, 3.05) is 6.54 Å². The lowest BCUT2D eigenvalue weighted by atomic mass is 10.0. The van der Waals surface area contributed by atoms with Crippen molar-refractivity contribution in [3.63, 3.8) is 0 Å². The van der Waals surface area contributed by atoms with Gasteiger partial charge in [-0.15, -0.1) is 0 Å². The van der Waals surface area contributed by atoms with Gasteiger partial charge in [-0.05, 0) is 18.8 Å². The maximum Gasteiger partial charge on any atom is 0.219 e. The zero-order chi connectivity index (χ0) is 9.40. The number of nitrogens with one attached hydrogen (secondary N) is 1. The molecule has 0 heterocycles.